The summed E-state index contributed by atoms with van der Waals surface area (Å²) in [4.78, 5) is 40.3. The van der Waals surface area contributed by atoms with Crippen molar-refractivity contribution in [2.75, 3.05) is 11.9 Å². The third kappa shape index (κ3) is 4.79. The molecule has 3 aromatic rings. The first-order valence-electron chi connectivity index (χ1n) is 10.7. The molecule has 33 heavy (non-hydrogen) atoms. The Morgan fingerprint density at radius 3 is 2.73 bits per heavy atom. The highest BCUT2D eigenvalue weighted by Crippen LogP contribution is 2.23. The van der Waals surface area contributed by atoms with Crippen molar-refractivity contribution in [1.82, 2.24) is 9.55 Å². The van der Waals surface area contributed by atoms with E-state index in [1.807, 2.05) is 12.2 Å². The quantitative estimate of drug-likeness (QED) is 0.511. The average molecular weight is 449 g/mol. The molecule has 8 heteroatoms. The van der Waals surface area contributed by atoms with E-state index in [1.54, 1.807) is 30.3 Å². The zero-order valence-electron chi connectivity index (χ0n) is 18.0. The minimum absolute atomic E-state index is 0.0607. The number of fused-ring (bicyclic) bond motifs is 1. The van der Waals surface area contributed by atoms with Gasteiger partial charge >= 0.3 is 11.7 Å². The van der Waals surface area contributed by atoms with Gasteiger partial charge in [-0.3, -0.25) is 4.79 Å². The van der Waals surface area contributed by atoms with E-state index in [0.29, 0.717) is 22.6 Å². The fourth-order valence-corrected chi connectivity index (χ4v) is 4.07. The number of nitrogens with zero attached hydrogens (tertiary/aromatic N) is 1. The van der Waals surface area contributed by atoms with Gasteiger partial charge in [-0.2, -0.15) is 0 Å². The molecule has 170 valence electrons. The molecule has 4 rings (SSSR count). The van der Waals surface area contributed by atoms with Gasteiger partial charge in [0.25, 0.3) is 5.56 Å². The molecule has 1 heterocycles. The number of halogens is 1. The number of aromatic amines is 1. The third-order valence-corrected chi connectivity index (χ3v) is 5.75. The highest BCUT2D eigenvalue weighted by Gasteiger charge is 2.25. The molecule has 1 aliphatic carbocycles. The van der Waals surface area contributed by atoms with Crippen LogP contribution in [0.25, 0.3) is 10.9 Å². The molecule has 2 atom stereocenters. The van der Waals surface area contributed by atoms with Crippen molar-refractivity contribution >= 4 is 22.6 Å². The molecule has 2 aromatic carbocycles. The first-order valence-corrected chi connectivity index (χ1v) is 10.7. The number of nitrogens with one attached hydrogen (secondary N) is 2. The highest BCUT2D eigenvalue weighted by molar-refractivity contribution is 5.82. The minimum atomic E-state index is -1.43. The molecule has 0 saturated carbocycles. The van der Waals surface area contributed by atoms with Gasteiger partial charge in [0.05, 0.1) is 16.6 Å². The molecule has 0 bridgehead atoms. The lowest BCUT2D eigenvalue weighted by Gasteiger charge is -2.17. The second-order valence-corrected chi connectivity index (χ2v) is 8.27. The molecule has 3 N–H and O–H groups in total. The molecule has 1 aromatic heterocycles. The zero-order valence-corrected chi connectivity index (χ0v) is 18.0. The number of H-pyrrole nitrogens is 1. The summed E-state index contributed by atoms with van der Waals surface area (Å²) in [6.07, 6.45) is 6.84. The number of hydrogen-bond donors (Lipinski definition) is 3. The summed E-state index contributed by atoms with van der Waals surface area (Å²) in [6.45, 7) is 2.52. The fourth-order valence-electron chi connectivity index (χ4n) is 4.07. The number of allylic oxidation sites excluding steroid dienone is 3. The number of anilines is 1. The largest absolute Gasteiger partial charge is 0.480 e. The zero-order chi connectivity index (χ0) is 23.5. The second kappa shape index (κ2) is 9.28. The van der Waals surface area contributed by atoms with Crippen LogP contribution in [0.15, 0.2) is 75.9 Å². The molecule has 1 aliphatic rings. The maximum absolute atomic E-state index is 14.8. The summed E-state index contributed by atoms with van der Waals surface area (Å²) < 4.78 is 15.5. The van der Waals surface area contributed by atoms with Crippen LogP contribution >= 0.6 is 0 Å². The summed E-state index contributed by atoms with van der Waals surface area (Å²) in [5, 5.41) is 12.6. The van der Waals surface area contributed by atoms with Crippen LogP contribution in [0.5, 0.6) is 0 Å². The Labute approximate surface area is 188 Å². The van der Waals surface area contributed by atoms with Gasteiger partial charge in [0.15, 0.2) is 0 Å². The number of hydrogen-bond acceptors (Lipinski definition) is 4. The van der Waals surface area contributed by atoms with Gasteiger partial charge < -0.3 is 15.4 Å². The number of aliphatic carboxylic acids is 1. The van der Waals surface area contributed by atoms with Gasteiger partial charge in [-0.15, -0.1) is 0 Å². The lowest BCUT2D eigenvalue weighted by molar-refractivity contribution is -0.141. The first kappa shape index (κ1) is 22.3. The number of carboxylic acids is 1. The summed E-state index contributed by atoms with van der Waals surface area (Å²) in [5.74, 6) is -1.58. The van der Waals surface area contributed by atoms with Crippen molar-refractivity contribution in [3.63, 3.8) is 0 Å². The van der Waals surface area contributed by atoms with Crippen molar-refractivity contribution in [1.29, 1.82) is 0 Å². The van der Waals surface area contributed by atoms with Crippen LogP contribution in [0.3, 0.4) is 0 Å². The standard InChI is InChI=1S/C25H24FN3O4/c1-15-6-5-9-17(10-15)14-27-21-13-20-18(12-19(21)26)23(30)29(25(33)28-20)22(24(31)32)11-16-7-3-2-4-8-16/h2-9,12-13,15,22,27H,10-11,14H2,1H3,(H,28,33)(H,31,32)/t15?,22-/m0/s1. The number of benzene rings is 2. The number of rotatable bonds is 7. The third-order valence-electron chi connectivity index (χ3n) is 5.75. The molecule has 0 spiro atoms. The van der Waals surface area contributed by atoms with Crippen LogP contribution < -0.4 is 16.6 Å². The lowest BCUT2D eigenvalue weighted by atomic mass is 9.96. The monoisotopic (exact) mass is 449 g/mol. The summed E-state index contributed by atoms with van der Waals surface area (Å²) in [5.41, 5.74) is 0.345. The molecular weight excluding hydrogens is 425 g/mol. The van der Waals surface area contributed by atoms with Crippen LogP contribution in [0.2, 0.25) is 0 Å². The Bertz CT molecular complexity index is 1370. The van der Waals surface area contributed by atoms with Crippen molar-refractivity contribution < 1.29 is 14.3 Å². The van der Waals surface area contributed by atoms with Crippen molar-refractivity contribution in [3.05, 3.63) is 98.5 Å². The maximum Gasteiger partial charge on any atom is 0.329 e. The molecule has 7 nitrogen and oxygen atoms in total. The Morgan fingerprint density at radius 2 is 2.03 bits per heavy atom. The predicted octanol–water partition coefficient (Wildman–Crippen LogP) is 3.63. The lowest BCUT2D eigenvalue weighted by Crippen LogP contribution is -2.41. The SMILES string of the molecule is CC1C=CC=C(CNc2cc3[nH]c(=O)n([C@@H](Cc4ccccc4)C(=O)O)c(=O)c3cc2F)C1. The van der Waals surface area contributed by atoms with Gasteiger partial charge in [-0.05, 0) is 30.0 Å². The number of carboxylic acid groups (broad SMARTS) is 1. The van der Waals surface area contributed by atoms with Gasteiger partial charge in [0, 0.05) is 13.0 Å². The highest BCUT2D eigenvalue weighted by atomic mass is 19.1. The molecule has 0 saturated heterocycles. The maximum atomic E-state index is 14.8. The normalized spacial score (nSPS) is 16.4. The number of carbonyl (C=O) groups is 1. The van der Waals surface area contributed by atoms with E-state index < -0.39 is 29.1 Å². The van der Waals surface area contributed by atoms with Crippen LogP contribution in [-0.2, 0) is 11.2 Å². The minimum Gasteiger partial charge on any atom is -0.480 e. The van der Waals surface area contributed by atoms with Crippen LogP contribution in [-0.4, -0.2) is 27.2 Å². The predicted molar refractivity (Wildman–Crippen MR) is 125 cm³/mol. The Balaban J connectivity index is 1.69. The molecule has 0 aliphatic heterocycles. The Kier molecular flexibility index (Phi) is 6.26. The molecule has 0 amide bonds. The van der Waals surface area contributed by atoms with Gasteiger partial charge in [0.2, 0.25) is 0 Å². The molecule has 1 unspecified atom stereocenters. The average Bonchev–Trinajstić information content (AvgIpc) is 2.78. The van der Waals surface area contributed by atoms with E-state index in [1.165, 1.54) is 6.07 Å². The Morgan fingerprint density at radius 1 is 1.27 bits per heavy atom. The van der Waals surface area contributed by atoms with E-state index >= 15 is 0 Å². The van der Waals surface area contributed by atoms with E-state index in [4.69, 9.17) is 0 Å². The van der Waals surface area contributed by atoms with Crippen molar-refractivity contribution in [2.24, 2.45) is 5.92 Å². The summed E-state index contributed by atoms with van der Waals surface area (Å²) in [7, 11) is 0. The van der Waals surface area contributed by atoms with Crippen molar-refractivity contribution in [3.8, 4) is 0 Å². The fraction of sp³-hybridized carbons (Fsp3) is 0.240. The smallest absolute Gasteiger partial charge is 0.329 e. The van der Waals surface area contributed by atoms with E-state index in [2.05, 4.69) is 23.3 Å². The molecular formula is C25H24FN3O4. The second-order valence-electron chi connectivity index (χ2n) is 8.27. The van der Waals surface area contributed by atoms with Gasteiger partial charge in [0.1, 0.15) is 11.9 Å². The summed E-state index contributed by atoms with van der Waals surface area (Å²) >= 11 is 0. The van der Waals surface area contributed by atoms with Crippen LogP contribution in [0, 0.1) is 11.7 Å². The van der Waals surface area contributed by atoms with Gasteiger partial charge in [-0.25, -0.2) is 18.5 Å². The van der Waals surface area contributed by atoms with Gasteiger partial charge in [-0.1, -0.05) is 61.1 Å². The topological polar surface area (TPSA) is 104 Å². The van der Waals surface area contributed by atoms with Crippen LogP contribution in [0.4, 0.5) is 10.1 Å². The summed E-state index contributed by atoms with van der Waals surface area (Å²) in [6, 6.07) is 9.67. The molecule has 0 fully saturated rings. The van der Waals surface area contributed by atoms with E-state index in [0.717, 1.165) is 18.1 Å². The first-order chi connectivity index (χ1) is 15.8. The molecule has 0 radical (unpaired) electrons. The van der Waals surface area contributed by atoms with Crippen molar-refractivity contribution in [2.45, 2.75) is 25.8 Å². The van der Waals surface area contributed by atoms with Crippen LogP contribution in [0.1, 0.15) is 24.9 Å². The van der Waals surface area contributed by atoms with E-state index in [9.17, 15) is 23.9 Å². The van der Waals surface area contributed by atoms with E-state index in [-0.39, 0.29) is 23.0 Å². The number of aromatic nitrogens is 2. The Hall–Kier alpha value is -3.94.